The summed E-state index contributed by atoms with van der Waals surface area (Å²) in [4.78, 5) is 13.8. The molecule has 0 aromatic heterocycles. The van der Waals surface area contributed by atoms with Gasteiger partial charge in [-0.25, -0.2) is 4.39 Å². The van der Waals surface area contributed by atoms with Crippen LogP contribution in [-0.2, 0) is 0 Å². The molecule has 0 aliphatic carbocycles. The summed E-state index contributed by atoms with van der Waals surface area (Å²) >= 11 is 0. The summed E-state index contributed by atoms with van der Waals surface area (Å²) in [7, 11) is 3.63. The number of carbonyl (C=O) groups is 1. The summed E-state index contributed by atoms with van der Waals surface area (Å²) in [6.07, 6.45) is 0. The molecule has 0 fully saturated rings. The van der Waals surface area contributed by atoms with E-state index in [4.69, 9.17) is 5.73 Å². The number of amides is 1. The number of aliphatic hydroxyl groups is 1. The quantitative estimate of drug-likeness (QED) is 0.697. The number of nitrogens with two attached hydrogens (primary N) is 1. The Morgan fingerprint density at radius 3 is 2.65 bits per heavy atom. The minimum atomic E-state index is -1.09. The molecule has 0 saturated heterocycles. The van der Waals surface area contributed by atoms with Gasteiger partial charge < -0.3 is 21.1 Å². The number of halogens is 1. The molecule has 1 amide bonds. The molecule has 20 heavy (non-hydrogen) atoms. The first kappa shape index (κ1) is 16.4. The molecule has 0 aliphatic rings. The molecule has 0 saturated carbocycles. The molecule has 1 atom stereocenters. The lowest BCUT2D eigenvalue weighted by Gasteiger charge is -2.27. The topological polar surface area (TPSA) is 78.6 Å². The molecule has 1 aromatic rings. The van der Waals surface area contributed by atoms with E-state index in [1.54, 1.807) is 18.7 Å². The minimum Gasteiger partial charge on any atom is -0.399 e. The van der Waals surface area contributed by atoms with Crippen molar-refractivity contribution < 1.29 is 14.3 Å². The molecule has 5 nitrogen and oxygen atoms in total. The van der Waals surface area contributed by atoms with Crippen molar-refractivity contribution in [2.45, 2.75) is 19.4 Å². The van der Waals surface area contributed by atoms with E-state index in [2.05, 4.69) is 5.32 Å². The van der Waals surface area contributed by atoms with Gasteiger partial charge in [-0.3, -0.25) is 4.79 Å². The predicted molar refractivity (Wildman–Crippen MR) is 77.1 cm³/mol. The van der Waals surface area contributed by atoms with Gasteiger partial charge in [0.2, 0.25) is 0 Å². The van der Waals surface area contributed by atoms with E-state index in [-0.39, 0.29) is 12.1 Å². The van der Waals surface area contributed by atoms with Crippen LogP contribution in [0.25, 0.3) is 0 Å². The number of hydrogen-bond donors (Lipinski definition) is 3. The molecule has 0 radical (unpaired) electrons. The van der Waals surface area contributed by atoms with Crippen LogP contribution in [0, 0.1) is 12.7 Å². The van der Waals surface area contributed by atoms with E-state index in [0.717, 1.165) is 0 Å². The van der Waals surface area contributed by atoms with Gasteiger partial charge in [-0.05, 0) is 45.6 Å². The van der Waals surface area contributed by atoms with Gasteiger partial charge in [0.25, 0.3) is 5.91 Å². The fourth-order valence-corrected chi connectivity index (χ4v) is 2.07. The minimum absolute atomic E-state index is 0.0251. The Bertz CT molecular complexity index is 501. The molecule has 0 bridgehead atoms. The molecular weight excluding hydrogens is 261 g/mol. The molecule has 112 valence electrons. The van der Waals surface area contributed by atoms with E-state index in [1.165, 1.54) is 12.1 Å². The van der Waals surface area contributed by atoms with Crippen LogP contribution < -0.4 is 11.1 Å². The fourth-order valence-electron chi connectivity index (χ4n) is 2.07. The number of rotatable bonds is 5. The molecule has 0 heterocycles. The summed E-state index contributed by atoms with van der Waals surface area (Å²) in [5.41, 5.74) is 5.05. The first-order valence-corrected chi connectivity index (χ1v) is 6.33. The highest BCUT2D eigenvalue weighted by atomic mass is 19.1. The summed E-state index contributed by atoms with van der Waals surface area (Å²) in [6.45, 7) is 3.56. The number of nitrogen functional groups attached to an aromatic ring is 1. The summed E-state index contributed by atoms with van der Waals surface area (Å²) in [5.74, 6) is -1.18. The highest BCUT2D eigenvalue weighted by molar-refractivity contribution is 5.95. The first-order chi connectivity index (χ1) is 9.12. The lowest BCUT2D eigenvalue weighted by Crippen LogP contribution is -2.47. The molecule has 0 spiro atoms. The largest absolute Gasteiger partial charge is 0.399 e. The third kappa shape index (κ3) is 4.47. The number of aryl methyl sites for hydroxylation is 1. The second kappa shape index (κ2) is 6.19. The maximum Gasteiger partial charge on any atom is 0.254 e. The standard InChI is InChI=1S/C14H22FN3O2/c1-9-5-10(16)6-11(12(9)15)13(19)17-7-14(2,20)8-18(3)4/h5-6,20H,7-8,16H2,1-4H3,(H,17,19). The number of nitrogens with one attached hydrogen (secondary N) is 1. The molecule has 0 aliphatic heterocycles. The van der Waals surface area contributed by atoms with Gasteiger partial charge in [-0.2, -0.15) is 0 Å². The Kier molecular flexibility index (Phi) is 5.08. The number of hydrogen-bond acceptors (Lipinski definition) is 4. The Morgan fingerprint density at radius 1 is 1.50 bits per heavy atom. The molecular formula is C14H22FN3O2. The van der Waals surface area contributed by atoms with Gasteiger partial charge in [0.1, 0.15) is 5.82 Å². The second-order valence-corrected chi connectivity index (χ2v) is 5.62. The maximum absolute atomic E-state index is 13.9. The average molecular weight is 283 g/mol. The molecule has 1 unspecified atom stereocenters. The van der Waals surface area contributed by atoms with Crippen LogP contribution in [0.1, 0.15) is 22.8 Å². The molecule has 1 aromatic carbocycles. The highest BCUT2D eigenvalue weighted by Gasteiger charge is 2.23. The normalized spacial score (nSPS) is 14.2. The molecule has 1 rings (SSSR count). The maximum atomic E-state index is 13.9. The smallest absolute Gasteiger partial charge is 0.254 e. The van der Waals surface area contributed by atoms with Crippen LogP contribution >= 0.6 is 0 Å². The van der Waals surface area contributed by atoms with E-state index < -0.39 is 17.3 Å². The van der Waals surface area contributed by atoms with Crippen LogP contribution in [0.2, 0.25) is 0 Å². The third-order valence-corrected chi connectivity index (χ3v) is 2.81. The number of benzene rings is 1. The van der Waals surface area contributed by atoms with Crippen molar-refractivity contribution in [3.05, 3.63) is 29.1 Å². The average Bonchev–Trinajstić information content (AvgIpc) is 2.29. The van der Waals surface area contributed by atoms with Crippen molar-refractivity contribution >= 4 is 11.6 Å². The second-order valence-electron chi connectivity index (χ2n) is 5.62. The number of anilines is 1. The molecule has 4 N–H and O–H groups in total. The SMILES string of the molecule is Cc1cc(N)cc(C(=O)NCC(C)(O)CN(C)C)c1F. The van der Waals surface area contributed by atoms with Crippen molar-refractivity contribution in [2.75, 3.05) is 32.9 Å². The van der Waals surface area contributed by atoms with Gasteiger partial charge in [-0.15, -0.1) is 0 Å². The van der Waals surface area contributed by atoms with E-state index in [1.807, 2.05) is 14.1 Å². The predicted octanol–water partition coefficient (Wildman–Crippen LogP) is 0.759. The van der Waals surface area contributed by atoms with Crippen molar-refractivity contribution in [1.29, 1.82) is 0 Å². The Morgan fingerprint density at radius 2 is 2.10 bits per heavy atom. The lowest BCUT2D eigenvalue weighted by atomic mass is 10.1. The number of carbonyl (C=O) groups excluding carboxylic acids is 1. The summed E-state index contributed by atoms with van der Waals surface area (Å²) < 4.78 is 13.9. The Labute approximate surface area is 118 Å². The van der Waals surface area contributed by atoms with Gasteiger partial charge in [0, 0.05) is 18.8 Å². The number of likely N-dealkylation sites (N-methyl/N-ethyl adjacent to an activating group) is 1. The zero-order valence-corrected chi connectivity index (χ0v) is 12.3. The fraction of sp³-hybridized carbons (Fsp3) is 0.500. The zero-order chi connectivity index (χ0) is 15.5. The van der Waals surface area contributed by atoms with Gasteiger partial charge in [0.05, 0.1) is 11.2 Å². The van der Waals surface area contributed by atoms with Crippen LogP contribution in [0.15, 0.2) is 12.1 Å². The van der Waals surface area contributed by atoms with Gasteiger partial charge in [0.15, 0.2) is 0 Å². The van der Waals surface area contributed by atoms with Crippen molar-refractivity contribution in [3.63, 3.8) is 0 Å². The lowest BCUT2D eigenvalue weighted by molar-refractivity contribution is 0.0325. The van der Waals surface area contributed by atoms with E-state index >= 15 is 0 Å². The van der Waals surface area contributed by atoms with Crippen LogP contribution in [0.4, 0.5) is 10.1 Å². The van der Waals surface area contributed by atoms with Crippen molar-refractivity contribution in [1.82, 2.24) is 10.2 Å². The Balaban J connectivity index is 2.78. The monoisotopic (exact) mass is 283 g/mol. The van der Waals surface area contributed by atoms with Crippen LogP contribution in [0.5, 0.6) is 0 Å². The van der Waals surface area contributed by atoms with Crippen LogP contribution in [-0.4, -0.2) is 48.7 Å². The zero-order valence-electron chi connectivity index (χ0n) is 12.3. The number of nitrogens with zero attached hydrogens (tertiary/aromatic N) is 1. The van der Waals surface area contributed by atoms with Gasteiger partial charge >= 0.3 is 0 Å². The summed E-state index contributed by atoms with van der Waals surface area (Å²) in [6, 6.07) is 2.76. The first-order valence-electron chi connectivity index (χ1n) is 6.33. The van der Waals surface area contributed by atoms with Crippen molar-refractivity contribution in [3.8, 4) is 0 Å². The summed E-state index contributed by atoms with van der Waals surface area (Å²) in [5, 5.41) is 12.6. The van der Waals surface area contributed by atoms with E-state index in [0.29, 0.717) is 17.8 Å². The third-order valence-electron chi connectivity index (χ3n) is 2.81. The van der Waals surface area contributed by atoms with Crippen LogP contribution in [0.3, 0.4) is 0 Å². The molecule has 6 heteroatoms. The van der Waals surface area contributed by atoms with Gasteiger partial charge in [-0.1, -0.05) is 0 Å². The Hall–Kier alpha value is -1.66. The van der Waals surface area contributed by atoms with Crippen molar-refractivity contribution in [2.24, 2.45) is 0 Å². The highest BCUT2D eigenvalue weighted by Crippen LogP contribution is 2.17. The van der Waals surface area contributed by atoms with E-state index in [9.17, 15) is 14.3 Å².